The molecule has 7 nitrogen and oxygen atoms in total. The lowest BCUT2D eigenvalue weighted by Crippen LogP contribution is -2.10. The van der Waals surface area contributed by atoms with Crippen LogP contribution in [0.1, 0.15) is 12.5 Å². The molecule has 4 N–H and O–H groups in total. The number of rotatable bonds is 3. The fourth-order valence-electron chi connectivity index (χ4n) is 2.53. The molecular weight excluding hydrogens is 390 g/mol. The van der Waals surface area contributed by atoms with E-state index in [1.165, 1.54) is 17.1 Å². The number of nitrogen functional groups attached to an aromatic ring is 1. The minimum atomic E-state index is -0.493. The quantitative estimate of drug-likeness (QED) is 0.266. The zero-order valence-electron chi connectivity index (χ0n) is 15.5. The van der Waals surface area contributed by atoms with Gasteiger partial charge in [0.1, 0.15) is 5.58 Å². The third kappa shape index (κ3) is 4.77. The van der Waals surface area contributed by atoms with Crippen LogP contribution in [0.5, 0.6) is 0 Å². The Hall–Kier alpha value is -3.71. The van der Waals surface area contributed by atoms with Crippen LogP contribution in [0.25, 0.3) is 16.7 Å². The molecule has 2 aromatic carbocycles. The predicted octanol–water partition coefficient (Wildman–Crippen LogP) is 4.31. The van der Waals surface area contributed by atoms with Gasteiger partial charge in [-0.25, -0.2) is 9.48 Å². The first-order valence-electron chi connectivity index (χ1n) is 8.58. The summed E-state index contributed by atoms with van der Waals surface area (Å²) in [6.45, 7) is 1.62. The molecule has 4 rings (SSSR count). The number of nitrogens with two attached hydrogens (primary N) is 1. The van der Waals surface area contributed by atoms with Crippen molar-refractivity contribution in [2.75, 3.05) is 5.73 Å². The number of nitrogens with one attached hydrogen (secondary N) is 2. The van der Waals surface area contributed by atoms with Gasteiger partial charge >= 0.3 is 5.63 Å². The second-order valence-electron chi connectivity index (χ2n) is 6.19. The highest BCUT2D eigenvalue weighted by Crippen LogP contribution is 2.18. The van der Waals surface area contributed by atoms with Gasteiger partial charge in [0.05, 0.1) is 22.6 Å². The van der Waals surface area contributed by atoms with E-state index < -0.39 is 5.63 Å². The highest BCUT2D eigenvalue weighted by atomic mass is 35.5. The van der Waals surface area contributed by atoms with Crippen molar-refractivity contribution < 1.29 is 4.42 Å². The molecule has 2 aromatic heterocycles. The van der Waals surface area contributed by atoms with Crippen LogP contribution in [-0.2, 0) is 0 Å². The first-order valence-corrected chi connectivity index (χ1v) is 8.96. The van der Waals surface area contributed by atoms with E-state index in [4.69, 9.17) is 32.6 Å². The number of hydrogen-bond acceptors (Lipinski definition) is 6. The highest BCUT2D eigenvalue weighted by molar-refractivity contribution is 6.45. The molecule has 0 fully saturated rings. The Bertz CT molecular complexity index is 1240. The van der Waals surface area contributed by atoms with Crippen LogP contribution in [0.15, 0.2) is 76.2 Å². The number of anilines is 1. The average molecular weight is 408 g/mol. The van der Waals surface area contributed by atoms with Crippen molar-refractivity contribution in [1.82, 2.24) is 9.78 Å². The first kappa shape index (κ1) is 20.0. The molecule has 0 aliphatic carbocycles. The second kappa shape index (κ2) is 8.53. The molecular formula is C21H18ClN5O2. The van der Waals surface area contributed by atoms with Crippen molar-refractivity contribution >= 4 is 39.7 Å². The normalized spacial score (nSPS) is 10.3. The maximum absolute atomic E-state index is 11.8. The minimum Gasteiger partial charge on any atom is -0.421 e. The summed E-state index contributed by atoms with van der Waals surface area (Å²) in [5, 5.41) is 19.9. The largest absolute Gasteiger partial charge is 0.421 e. The van der Waals surface area contributed by atoms with Crippen LogP contribution in [0.4, 0.5) is 5.69 Å². The van der Waals surface area contributed by atoms with Gasteiger partial charge < -0.3 is 15.6 Å². The Morgan fingerprint density at radius 3 is 2.48 bits per heavy atom. The van der Waals surface area contributed by atoms with Crippen molar-refractivity contribution in [2.24, 2.45) is 0 Å². The monoisotopic (exact) mass is 407 g/mol. The molecule has 4 aromatic rings. The molecule has 0 aliphatic heterocycles. The molecule has 0 aliphatic rings. The van der Waals surface area contributed by atoms with Gasteiger partial charge in [0.15, 0.2) is 5.69 Å². The van der Waals surface area contributed by atoms with E-state index in [9.17, 15) is 4.79 Å². The summed E-state index contributed by atoms with van der Waals surface area (Å²) in [5.74, 6) is 0. The summed E-state index contributed by atoms with van der Waals surface area (Å²) in [5.41, 5.74) is 7.83. The molecule has 8 heteroatoms. The van der Waals surface area contributed by atoms with Gasteiger partial charge in [0, 0.05) is 28.9 Å². The van der Waals surface area contributed by atoms with Crippen LogP contribution in [-0.4, -0.2) is 21.2 Å². The zero-order valence-corrected chi connectivity index (χ0v) is 16.3. The van der Waals surface area contributed by atoms with Crippen molar-refractivity contribution in [3.05, 3.63) is 88.0 Å². The van der Waals surface area contributed by atoms with Crippen LogP contribution in [0, 0.1) is 10.8 Å². The highest BCUT2D eigenvalue weighted by Gasteiger charge is 2.08. The van der Waals surface area contributed by atoms with E-state index >= 15 is 0 Å². The van der Waals surface area contributed by atoms with Gasteiger partial charge in [-0.2, -0.15) is 5.10 Å². The lowest BCUT2D eigenvalue weighted by atomic mass is 10.1. The van der Waals surface area contributed by atoms with Crippen molar-refractivity contribution in [3.63, 3.8) is 0 Å². The zero-order chi connectivity index (χ0) is 21.0. The summed E-state index contributed by atoms with van der Waals surface area (Å²) in [7, 11) is 0. The lowest BCUT2D eigenvalue weighted by Gasteiger charge is -2.02. The van der Waals surface area contributed by atoms with Gasteiger partial charge in [-0.1, -0.05) is 41.9 Å². The van der Waals surface area contributed by atoms with E-state index in [-0.39, 0.29) is 0 Å². The van der Waals surface area contributed by atoms with E-state index in [0.29, 0.717) is 33.4 Å². The SMILES string of the molecule is CC(=N)C(=N)c1ccccc1.Nc1ccc2cc(-n3cc(Cl)cn3)c(=O)oc2c1. The summed E-state index contributed by atoms with van der Waals surface area (Å²) >= 11 is 5.77. The van der Waals surface area contributed by atoms with E-state index in [1.807, 2.05) is 30.3 Å². The average Bonchev–Trinajstić information content (AvgIpc) is 3.14. The maximum atomic E-state index is 11.8. The third-order valence-corrected chi connectivity index (χ3v) is 4.17. The molecule has 0 bridgehead atoms. The Morgan fingerprint density at radius 2 is 1.86 bits per heavy atom. The van der Waals surface area contributed by atoms with Crippen LogP contribution in [0.3, 0.4) is 0 Å². The van der Waals surface area contributed by atoms with Crippen molar-refractivity contribution in [3.8, 4) is 5.69 Å². The molecule has 0 amide bonds. The first-order chi connectivity index (χ1) is 13.8. The van der Waals surface area contributed by atoms with Crippen LogP contribution < -0.4 is 11.4 Å². The van der Waals surface area contributed by atoms with Gasteiger partial charge in [-0.15, -0.1) is 0 Å². The Labute approximate surface area is 171 Å². The fraction of sp³-hybridized carbons (Fsp3) is 0.0476. The van der Waals surface area contributed by atoms with E-state index in [2.05, 4.69) is 5.10 Å². The molecule has 0 unspecified atom stereocenters. The second-order valence-corrected chi connectivity index (χ2v) is 6.62. The van der Waals surface area contributed by atoms with Gasteiger partial charge in [-0.3, -0.25) is 5.41 Å². The fourth-order valence-corrected chi connectivity index (χ4v) is 2.67. The molecule has 0 atom stereocenters. The van der Waals surface area contributed by atoms with Gasteiger partial charge in [0.2, 0.25) is 0 Å². The minimum absolute atomic E-state index is 0.297. The topological polar surface area (TPSA) is 122 Å². The molecule has 0 spiro atoms. The number of fused-ring (bicyclic) bond motifs is 1. The Kier molecular flexibility index (Phi) is 5.90. The van der Waals surface area contributed by atoms with E-state index in [0.717, 1.165) is 10.9 Å². The van der Waals surface area contributed by atoms with Gasteiger partial charge in [-0.05, 0) is 25.1 Å². The summed E-state index contributed by atoms with van der Waals surface area (Å²) < 4.78 is 6.58. The summed E-state index contributed by atoms with van der Waals surface area (Å²) in [4.78, 5) is 11.8. The molecule has 0 saturated heterocycles. The molecule has 2 heterocycles. The molecule has 0 saturated carbocycles. The number of halogens is 1. The summed E-state index contributed by atoms with van der Waals surface area (Å²) in [6.07, 6.45) is 2.99. The number of benzene rings is 2. The van der Waals surface area contributed by atoms with Crippen LogP contribution in [0.2, 0.25) is 5.02 Å². The number of aromatic nitrogens is 2. The predicted molar refractivity (Wildman–Crippen MR) is 116 cm³/mol. The van der Waals surface area contributed by atoms with Crippen molar-refractivity contribution in [2.45, 2.75) is 6.92 Å². The smallest absolute Gasteiger partial charge is 0.362 e. The third-order valence-electron chi connectivity index (χ3n) is 3.98. The van der Waals surface area contributed by atoms with Crippen LogP contribution >= 0.6 is 11.6 Å². The van der Waals surface area contributed by atoms with Gasteiger partial charge in [0.25, 0.3) is 0 Å². The summed E-state index contributed by atoms with van der Waals surface area (Å²) in [6, 6.07) is 16.1. The molecule has 146 valence electrons. The standard InChI is InChI=1S/C12H8ClN3O2.C9H10N2/c13-8-5-15-16(6-8)10-3-7-1-2-9(14)4-11(7)18-12(10)17;1-7(10)9(11)8-5-3-2-4-6-8/h1-6H,14H2;2-6,10-11H,1H3. The number of nitrogens with zero attached hydrogens (tertiary/aromatic N) is 2. The lowest BCUT2D eigenvalue weighted by molar-refractivity contribution is 0.552. The van der Waals surface area contributed by atoms with Crippen molar-refractivity contribution in [1.29, 1.82) is 10.8 Å². The molecule has 29 heavy (non-hydrogen) atoms. The Balaban J connectivity index is 0.000000188. The Morgan fingerprint density at radius 1 is 1.14 bits per heavy atom. The molecule has 0 radical (unpaired) electrons. The number of hydrogen-bond donors (Lipinski definition) is 3. The maximum Gasteiger partial charge on any atom is 0.362 e. The van der Waals surface area contributed by atoms with E-state index in [1.54, 1.807) is 31.2 Å².